The quantitative estimate of drug-likeness (QED) is 0.553. The van der Waals surface area contributed by atoms with E-state index in [0.717, 1.165) is 11.1 Å². The third kappa shape index (κ3) is 5.26. The third-order valence-electron chi connectivity index (χ3n) is 4.40. The minimum absolute atomic E-state index is 0.0177. The minimum Gasteiger partial charge on any atom is -0.493 e. The SMILES string of the molecule is COc1ccc(-c2noc(CCC(=O)N(C)Cc3cccc(Cl)c3)n2)cc1OC. The van der Waals surface area contributed by atoms with Crippen LogP contribution in [0.5, 0.6) is 11.5 Å². The van der Waals surface area contributed by atoms with Crippen LogP contribution in [-0.4, -0.2) is 42.2 Å². The van der Waals surface area contributed by atoms with Gasteiger partial charge < -0.3 is 18.9 Å². The van der Waals surface area contributed by atoms with Gasteiger partial charge in [-0.05, 0) is 35.9 Å². The molecule has 0 atom stereocenters. The van der Waals surface area contributed by atoms with Crippen molar-refractivity contribution in [3.05, 3.63) is 58.9 Å². The highest BCUT2D eigenvalue weighted by Gasteiger charge is 2.15. The van der Waals surface area contributed by atoms with Crippen LogP contribution in [0.2, 0.25) is 5.02 Å². The molecule has 3 rings (SSSR count). The lowest BCUT2D eigenvalue weighted by molar-refractivity contribution is -0.130. The topological polar surface area (TPSA) is 77.7 Å². The first kappa shape index (κ1) is 20.7. The van der Waals surface area contributed by atoms with Crippen LogP contribution in [0, 0.1) is 0 Å². The number of methoxy groups -OCH3 is 2. The summed E-state index contributed by atoms with van der Waals surface area (Å²) in [6.45, 7) is 0.486. The predicted molar refractivity (Wildman–Crippen MR) is 109 cm³/mol. The Bertz CT molecular complexity index is 990. The molecule has 7 nitrogen and oxygen atoms in total. The van der Waals surface area contributed by atoms with Gasteiger partial charge in [0.25, 0.3) is 0 Å². The van der Waals surface area contributed by atoms with Crippen LogP contribution in [0.25, 0.3) is 11.4 Å². The predicted octanol–water partition coefficient (Wildman–Crippen LogP) is 4.00. The van der Waals surface area contributed by atoms with Gasteiger partial charge in [0.1, 0.15) is 0 Å². The fourth-order valence-electron chi connectivity index (χ4n) is 2.85. The molecule has 0 aliphatic rings. The van der Waals surface area contributed by atoms with E-state index in [1.807, 2.05) is 24.3 Å². The van der Waals surface area contributed by atoms with Crippen molar-refractivity contribution < 1.29 is 18.8 Å². The van der Waals surface area contributed by atoms with E-state index in [4.69, 9.17) is 25.6 Å². The summed E-state index contributed by atoms with van der Waals surface area (Å²) < 4.78 is 15.8. The Morgan fingerprint density at radius 2 is 1.93 bits per heavy atom. The molecular weight excluding hydrogens is 394 g/mol. The van der Waals surface area contributed by atoms with E-state index in [2.05, 4.69) is 10.1 Å². The van der Waals surface area contributed by atoms with E-state index in [1.165, 1.54) is 0 Å². The fourth-order valence-corrected chi connectivity index (χ4v) is 3.06. The maximum absolute atomic E-state index is 12.4. The molecule has 0 bridgehead atoms. The lowest BCUT2D eigenvalue weighted by Gasteiger charge is -2.17. The molecule has 152 valence electrons. The Balaban J connectivity index is 1.59. The summed E-state index contributed by atoms with van der Waals surface area (Å²) in [5.74, 6) is 2.01. The highest BCUT2D eigenvalue weighted by atomic mass is 35.5. The van der Waals surface area contributed by atoms with Crippen molar-refractivity contribution in [1.82, 2.24) is 15.0 Å². The molecule has 1 amide bonds. The highest BCUT2D eigenvalue weighted by molar-refractivity contribution is 6.30. The second kappa shape index (κ2) is 9.43. The van der Waals surface area contributed by atoms with Gasteiger partial charge in [-0.3, -0.25) is 4.79 Å². The van der Waals surface area contributed by atoms with Crippen LogP contribution >= 0.6 is 11.6 Å². The first-order chi connectivity index (χ1) is 14.0. The number of aromatic nitrogens is 2. The smallest absolute Gasteiger partial charge is 0.227 e. The molecule has 0 fully saturated rings. The van der Waals surface area contributed by atoms with Crippen molar-refractivity contribution in [1.29, 1.82) is 0 Å². The van der Waals surface area contributed by atoms with E-state index in [1.54, 1.807) is 44.4 Å². The number of carbonyl (C=O) groups is 1. The van der Waals surface area contributed by atoms with Crippen LogP contribution in [0.3, 0.4) is 0 Å². The van der Waals surface area contributed by atoms with Gasteiger partial charge in [-0.2, -0.15) is 4.98 Å². The number of ether oxygens (including phenoxy) is 2. The molecule has 0 saturated carbocycles. The number of rotatable bonds is 8. The first-order valence-electron chi connectivity index (χ1n) is 9.03. The first-order valence-corrected chi connectivity index (χ1v) is 9.41. The molecule has 0 saturated heterocycles. The zero-order chi connectivity index (χ0) is 20.8. The molecule has 0 aliphatic carbocycles. The highest BCUT2D eigenvalue weighted by Crippen LogP contribution is 2.31. The number of halogens is 1. The Hall–Kier alpha value is -3.06. The van der Waals surface area contributed by atoms with Gasteiger partial charge in [-0.15, -0.1) is 0 Å². The van der Waals surface area contributed by atoms with Crippen molar-refractivity contribution in [2.45, 2.75) is 19.4 Å². The van der Waals surface area contributed by atoms with Crippen molar-refractivity contribution in [3.8, 4) is 22.9 Å². The molecule has 0 unspecified atom stereocenters. The second-order valence-corrected chi connectivity index (χ2v) is 6.90. The lowest BCUT2D eigenvalue weighted by Crippen LogP contribution is -2.26. The van der Waals surface area contributed by atoms with Gasteiger partial charge in [-0.1, -0.05) is 28.9 Å². The summed E-state index contributed by atoms with van der Waals surface area (Å²) in [4.78, 5) is 18.4. The molecule has 2 aromatic carbocycles. The molecule has 0 aliphatic heterocycles. The molecular formula is C21H22ClN3O4. The van der Waals surface area contributed by atoms with Gasteiger partial charge in [0.05, 0.1) is 14.2 Å². The molecule has 1 heterocycles. The Morgan fingerprint density at radius 1 is 1.14 bits per heavy atom. The zero-order valence-corrected chi connectivity index (χ0v) is 17.3. The number of aryl methyl sites for hydroxylation is 1. The van der Waals surface area contributed by atoms with Crippen molar-refractivity contribution in [3.63, 3.8) is 0 Å². The van der Waals surface area contributed by atoms with E-state index in [9.17, 15) is 4.79 Å². The number of carbonyl (C=O) groups excluding carboxylic acids is 1. The number of hydrogen-bond donors (Lipinski definition) is 0. The molecule has 29 heavy (non-hydrogen) atoms. The van der Waals surface area contributed by atoms with Crippen LogP contribution in [0.1, 0.15) is 17.9 Å². The lowest BCUT2D eigenvalue weighted by atomic mass is 10.2. The minimum atomic E-state index is -0.0177. The standard InChI is InChI=1S/C21H22ClN3O4/c1-25(13-14-5-4-6-16(22)11-14)20(26)10-9-19-23-21(24-29-19)15-7-8-17(27-2)18(12-15)28-3/h4-8,11-12H,9-10,13H2,1-3H3. The van der Waals surface area contributed by atoms with Crippen LogP contribution in [0.15, 0.2) is 47.0 Å². The van der Waals surface area contributed by atoms with Gasteiger partial charge in [-0.25, -0.2) is 0 Å². The maximum atomic E-state index is 12.4. The fraction of sp³-hybridized carbons (Fsp3) is 0.286. The van der Waals surface area contributed by atoms with Gasteiger partial charge >= 0.3 is 0 Å². The molecule has 0 radical (unpaired) electrons. The van der Waals surface area contributed by atoms with E-state index in [-0.39, 0.29) is 12.3 Å². The normalized spacial score (nSPS) is 10.6. The van der Waals surface area contributed by atoms with Crippen LogP contribution < -0.4 is 9.47 Å². The zero-order valence-electron chi connectivity index (χ0n) is 16.5. The van der Waals surface area contributed by atoms with E-state index < -0.39 is 0 Å². The maximum Gasteiger partial charge on any atom is 0.227 e. The third-order valence-corrected chi connectivity index (χ3v) is 4.63. The molecule has 8 heteroatoms. The molecule has 0 N–H and O–H groups in total. The Morgan fingerprint density at radius 3 is 2.66 bits per heavy atom. The van der Waals surface area contributed by atoms with Crippen LogP contribution in [-0.2, 0) is 17.8 Å². The average molecular weight is 416 g/mol. The molecule has 0 spiro atoms. The van der Waals surface area contributed by atoms with Crippen LogP contribution in [0.4, 0.5) is 0 Å². The van der Waals surface area contributed by atoms with Crippen molar-refractivity contribution >= 4 is 17.5 Å². The number of hydrogen-bond acceptors (Lipinski definition) is 6. The van der Waals surface area contributed by atoms with E-state index >= 15 is 0 Å². The van der Waals surface area contributed by atoms with E-state index in [0.29, 0.717) is 41.2 Å². The van der Waals surface area contributed by atoms with Crippen molar-refractivity contribution in [2.24, 2.45) is 0 Å². The average Bonchev–Trinajstić information content (AvgIpc) is 3.20. The summed E-state index contributed by atoms with van der Waals surface area (Å²) >= 11 is 5.99. The Labute approximate surface area is 174 Å². The van der Waals surface area contributed by atoms with Gasteiger partial charge in [0, 0.05) is 37.0 Å². The second-order valence-electron chi connectivity index (χ2n) is 6.46. The summed E-state index contributed by atoms with van der Waals surface area (Å²) in [7, 11) is 4.89. The largest absolute Gasteiger partial charge is 0.493 e. The number of benzene rings is 2. The van der Waals surface area contributed by atoms with Crippen molar-refractivity contribution in [2.75, 3.05) is 21.3 Å². The monoisotopic (exact) mass is 415 g/mol. The summed E-state index contributed by atoms with van der Waals surface area (Å²) in [5.41, 5.74) is 1.71. The number of nitrogens with zero attached hydrogens (tertiary/aromatic N) is 3. The number of amides is 1. The summed E-state index contributed by atoms with van der Waals surface area (Å²) in [6, 6.07) is 12.8. The van der Waals surface area contributed by atoms with Gasteiger partial charge in [0.2, 0.25) is 17.6 Å². The summed E-state index contributed by atoms with van der Waals surface area (Å²) in [5, 5.41) is 4.65. The molecule has 1 aromatic heterocycles. The summed E-state index contributed by atoms with van der Waals surface area (Å²) in [6.07, 6.45) is 0.629. The Kier molecular flexibility index (Phi) is 6.72. The van der Waals surface area contributed by atoms with Gasteiger partial charge in [0.15, 0.2) is 11.5 Å². The molecule has 3 aromatic rings.